The van der Waals surface area contributed by atoms with E-state index in [0.717, 1.165) is 93.9 Å². The minimum atomic E-state index is 0.635. The molecule has 0 aliphatic rings. The molecule has 5 nitrogen and oxygen atoms in total. The number of benzene rings is 7. The van der Waals surface area contributed by atoms with Crippen LogP contribution >= 0.6 is 0 Å². The largest absolute Gasteiger partial charge is 0.456 e. The van der Waals surface area contributed by atoms with Crippen LogP contribution in [0.1, 0.15) is 0 Å². The van der Waals surface area contributed by atoms with Gasteiger partial charge in [0.2, 0.25) is 0 Å². The third-order valence-corrected chi connectivity index (χ3v) is 10.0. The topological polar surface area (TPSA) is 57.0 Å². The van der Waals surface area contributed by atoms with E-state index in [-0.39, 0.29) is 0 Å². The Hall–Kier alpha value is -6.98. The quantitative estimate of drug-likeness (QED) is 0.190. The molecule has 5 heteroatoms. The van der Waals surface area contributed by atoms with Gasteiger partial charge in [-0.05, 0) is 47.5 Å². The van der Waals surface area contributed by atoms with Gasteiger partial charge in [0.1, 0.15) is 28.1 Å². The molecule has 0 spiro atoms. The summed E-state index contributed by atoms with van der Waals surface area (Å²) in [4.78, 5) is 10.6. The highest BCUT2D eigenvalue weighted by molar-refractivity contribution is 6.17. The molecular formula is C46H27N3O2. The predicted molar refractivity (Wildman–Crippen MR) is 207 cm³/mol. The smallest absolute Gasteiger partial charge is 0.162 e. The lowest BCUT2D eigenvalue weighted by Crippen LogP contribution is -2.02. The molecule has 238 valence electrons. The number of hydrogen-bond acceptors (Lipinski definition) is 4. The van der Waals surface area contributed by atoms with Crippen LogP contribution in [0.15, 0.2) is 173 Å². The van der Waals surface area contributed by atoms with Gasteiger partial charge in [-0.2, -0.15) is 0 Å². The Morgan fingerprint density at radius 3 is 1.86 bits per heavy atom. The van der Waals surface area contributed by atoms with Crippen molar-refractivity contribution in [2.24, 2.45) is 0 Å². The molecule has 4 aromatic heterocycles. The summed E-state index contributed by atoms with van der Waals surface area (Å²) in [6, 6.07) is 56.6. The molecule has 11 rings (SSSR count). The molecule has 0 fully saturated rings. The first-order chi connectivity index (χ1) is 25.3. The summed E-state index contributed by atoms with van der Waals surface area (Å²) >= 11 is 0. The van der Waals surface area contributed by atoms with E-state index >= 15 is 0 Å². The summed E-state index contributed by atoms with van der Waals surface area (Å²) in [6.45, 7) is 0. The number of fused-ring (bicyclic) bond motifs is 9. The zero-order chi connectivity index (χ0) is 33.5. The van der Waals surface area contributed by atoms with Gasteiger partial charge in [0.15, 0.2) is 5.82 Å². The maximum Gasteiger partial charge on any atom is 0.162 e. The fraction of sp³-hybridized carbons (Fsp3) is 0. The minimum absolute atomic E-state index is 0.635. The zero-order valence-corrected chi connectivity index (χ0v) is 27.2. The van der Waals surface area contributed by atoms with Gasteiger partial charge < -0.3 is 8.83 Å². The fourth-order valence-electron chi connectivity index (χ4n) is 7.64. The number of para-hydroxylation sites is 4. The van der Waals surface area contributed by atoms with Crippen LogP contribution in [0, 0.1) is 0 Å². The van der Waals surface area contributed by atoms with Crippen LogP contribution in [0.25, 0.3) is 105 Å². The van der Waals surface area contributed by atoms with Gasteiger partial charge >= 0.3 is 0 Å². The normalized spacial score (nSPS) is 11.9. The highest BCUT2D eigenvalue weighted by atomic mass is 16.3. The molecule has 0 N–H and O–H groups in total. The van der Waals surface area contributed by atoms with Crippen molar-refractivity contribution < 1.29 is 8.83 Å². The third kappa shape index (κ3) is 4.28. The second-order valence-corrected chi connectivity index (χ2v) is 13.0. The number of aromatic nitrogens is 3. The first-order valence-corrected chi connectivity index (χ1v) is 17.1. The standard InChI is InChI=1S/C46H27N3O2/c1-2-11-28(12-3-1)29-21-23-30(24-22-29)46-47-38(35-17-10-16-34-32-14-5-9-20-42(32)51-45(34)35)27-44(48-46)49-39-18-7-4-13-31(39)36-26-43-37(25-40(36)49)33-15-6-8-19-41(33)50-43/h1-27H. The van der Waals surface area contributed by atoms with Gasteiger partial charge in [-0.25, -0.2) is 9.97 Å². The summed E-state index contributed by atoms with van der Waals surface area (Å²) in [5.74, 6) is 1.41. The van der Waals surface area contributed by atoms with Crippen molar-refractivity contribution in [3.05, 3.63) is 164 Å². The first kappa shape index (κ1) is 27.9. The Labute approximate surface area is 291 Å². The van der Waals surface area contributed by atoms with E-state index in [1.54, 1.807) is 0 Å². The maximum atomic E-state index is 6.52. The van der Waals surface area contributed by atoms with E-state index in [1.807, 2.05) is 36.4 Å². The first-order valence-electron chi connectivity index (χ1n) is 17.1. The summed E-state index contributed by atoms with van der Waals surface area (Å²) < 4.78 is 15.1. The summed E-state index contributed by atoms with van der Waals surface area (Å²) in [7, 11) is 0. The van der Waals surface area contributed by atoms with Gasteiger partial charge in [-0.15, -0.1) is 0 Å². The molecule has 0 saturated heterocycles. The zero-order valence-electron chi connectivity index (χ0n) is 27.2. The highest BCUT2D eigenvalue weighted by Gasteiger charge is 2.20. The van der Waals surface area contributed by atoms with Gasteiger partial charge in [-0.1, -0.05) is 121 Å². The minimum Gasteiger partial charge on any atom is -0.456 e. The molecule has 0 aliphatic heterocycles. The van der Waals surface area contributed by atoms with E-state index < -0.39 is 0 Å². The van der Waals surface area contributed by atoms with E-state index in [1.165, 1.54) is 5.56 Å². The van der Waals surface area contributed by atoms with Crippen LogP contribution in [-0.4, -0.2) is 14.5 Å². The molecule has 0 radical (unpaired) electrons. The molecule has 0 aliphatic carbocycles. The maximum absolute atomic E-state index is 6.52. The third-order valence-electron chi connectivity index (χ3n) is 10.0. The number of hydrogen-bond donors (Lipinski definition) is 0. The molecule has 0 bridgehead atoms. The van der Waals surface area contributed by atoms with Crippen molar-refractivity contribution in [2.75, 3.05) is 0 Å². The Morgan fingerprint density at radius 1 is 0.392 bits per heavy atom. The Kier molecular flexibility index (Phi) is 5.89. The van der Waals surface area contributed by atoms with Crippen LogP contribution in [0.5, 0.6) is 0 Å². The lowest BCUT2D eigenvalue weighted by atomic mass is 10.0. The molecule has 4 heterocycles. The Morgan fingerprint density at radius 2 is 1.04 bits per heavy atom. The fourth-order valence-corrected chi connectivity index (χ4v) is 7.64. The highest BCUT2D eigenvalue weighted by Crippen LogP contribution is 2.40. The average Bonchev–Trinajstić information content (AvgIpc) is 3.86. The van der Waals surface area contributed by atoms with Crippen LogP contribution in [0.3, 0.4) is 0 Å². The lowest BCUT2D eigenvalue weighted by molar-refractivity contribution is 0.669. The number of rotatable bonds is 4. The van der Waals surface area contributed by atoms with Crippen molar-refractivity contribution in [1.82, 2.24) is 14.5 Å². The van der Waals surface area contributed by atoms with Crippen molar-refractivity contribution in [1.29, 1.82) is 0 Å². The monoisotopic (exact) mass is 653 g/mol. The summed E-state index contributed by atoms with van der Waals surface area (Å²) in [5.41, 5.74) is 10.4. The van der Waals surface area contributed by atoms with Gasteiger partial charge in [0, 0.05) is 49.5 Å². The van der Waals surface area contributed by atoms with Gasteiger partial charge in [-0.3, -0.25) is 4.57 Å². The average molecular weight is 654 g/mol. The summed E-state index contributed by atoms with van der Waals surface area (Å²) in [5, 5.41) is 6.53. The van der Waals surface area contributed by atoms with Crippen LogP contribution < -0.4 is 0 Å². The molecule has 51 heavy (non-hydrogen) atoms. The lowest BCUT2D eigenvalue weighted by Gasteiger charge is -2.13. The van der Waals surface area contributed by atoms with E-state index in [2.05, 4.69) is 132 Å². The van der Waals surface area contributed by atoms with Crippen LogP contribution in [0.4, 0.5) is 0 Å². The SMILES string of the molecule is c1ccc(-c2ccc(-c3nc(-c4cccc5c4oc4ccccc45)cc(-n4c5ccccc5c5cc6oc7ccccc7c6cc54)n3)cc2)cc1. The number of nitrogens with zero attached hydrogens (tertiary/aromatic N) is 3. The molecule has 7 aromatic carbocycles. The molecule has 11 aromatic rings. The number of furan rings is 2. The molecule has 0 saturated carbocycles. The summed E-state index contributed by atoms with van der Waals surface area (Å²) in [6.07, 6.45) is 0. The molecule has 0 atom stereocenters. The predicted octanol–water partition coefficient (Wildman–Crippen LogP) is 12.4. The van der Waals surface area contributed by atoms with Crippen molar-refractivity contribution in [2.45, 2.75) is 0 Å². The second kappa shape index (κ2) is 10.8. The van der Waals surface area contributed by atoms with E-state index in [0.29, 0.717) is 5.82 Å². The van der Waals surface area contributed by atoms with E-state index in [4.69, 9.17) is 18.8 Å². The van der Waals surface area contributed by atoms with Crippen molar-refractivity contribution in [3.63, 3.8) is 0 Å². The van der Waals surface area contributed by atoms with Crippen molar-refractivity contribution >= 4 is 65.7 Å². The Bertz CT molecular complexity index is 3130. The Balaban J connectivity index is 1.20. The molecule has 0 amide bonds. The molecular weight excluding hydrogens is 627 g/mol. The van der Waals surface area contributed by atoms with Crippen LogP contribution in [-0.2, 0) is 0 Å². The van der Waals surface area contributed by atoms with E-state index in [9.17, 15) is 0 Å². The van der Waals surface area contributed by atoms with Gasteiger partial charge in [0.05, 0.1) is 16.7 Å². The van der Waals surface area contributed by atoms with Gasteiger partial charge in [0.25, 0.3) is 0 Å². The molecule has 0 unspecified atom stereocenters. The van der Waals surface area contributed by atoms with Crippen LogP contribution in [0.2, 0.25) is 0 Å². The second-order valence-electron chi connectivity index (χ2n) is 13.0. The van der Waals surface area contributed by atoms with Crippen molar-refractivity contribution in [3.8, 4) is 39.6 Å².